The highest BCUT2D eigenvalue weighted by molar-refractivity contribution is 6.31. The van der Waals surface area contributed by atoms with Crippen LogP contribution >= 0.6 is 11.6 Å². The van der Waals surface area contributed by atoms with E-state index in [1.807, 2.05) is 32.0 Å². The largest absolute Gasteiger partial charge is 0.476 e. The monoisotopic (exact) mass is 372 g/mol. The smallest absolute Gasteiger partial charge is 0.271 e. The van der Waals surface area contributed by atoms with Gasteiger partial charge in [-0.3, -0.25) is 14.5 Å². The molecule has 0 atom stereocenters. The number of amides is 2. The molecule has 1 aliphatic rings. The number of ether oxygens (including phenoxy) is 1. The van der Waals surface area contributed by atoms with Gasteiger partial charge in [-0.1, -0.05) is 17.7 Å². The third-order valence-electron chi connectivity index (χ3n) is 4.14. The highest BCUT2D eigenvalue weighted by Gasteiger charge is 2.41. The van der Waals surface area contributed by atoms with E-state index in [0.717, 1.165) is 11.1 Å². The fourth-order valence-electron chi connectivity index (χ4n) is 3.09. The molecule has 0 saturated heterocycles. The van der Waals surface area contributed by atoms with Crippen LogP contribution in [0.15, 0.2) is 36.4 Å². The summed E-state index contributed by atoms with van der Waals surface area (Å²) in [7, 11) is 0. The number of halogens is 1. The number of carbonyl (C=O) groups excluding carboxylic acids is 2. The van der Waals surface area contributed by atoms with Crippen molar-refractivity contribution < 1.29 is 14.3 Å². The van der Waals surface area contributed by atoms with Gasteiger partial charge in [-0.25, -0.2) is 0 Å². The van der Waals surface area contributed by atoms with E-state index >= 15 is 0 Å². The second-order valence-electron chi connectivity index (χ2n) is 7.04. The fourth-order valence-corrected chi connectivity index (χ4v) is 3.26. The van der Waals surface area contributed by atoms with Crippen LogP contribution in [0.2, 0.25) is 5.02 Å². The first-order valence-corrected chi connectivity index (χ1v) is 8.72. The zero-order chi connectivity index (χ0) is 19.1. The first kappa shape index (κ1) is 18.3. The quantitative estimate of drug-likeness (QED) is 0.882. The number of benzene rings is 2. The van der Waals surface area contributed by atoms with Crippen LogP contribution in [0.5, 0.6) is 5.75 Å². The first-order chi connectivity index (χ1) is 12.2. The lowest BCUT2D eigenvalue weighted by Gasteiger charge is -2.38. The molecule has 3 rings (SSSR count). The highest BCUT2D eigenvalue weighted by atomic mass is 35.5. The van der Waals surface area contributed by atoms with Gasteiger partial charge in [0.15, 0.2) is 5.60 Å². The lowest BCUT2D eigenvalue weighted by Crippen LogP contribution is -2.54. The van der Waals surface area contributed by atoms with Crippen LogP contribution in [0.3, 0.4) is 0 Å². The standard InChI is InChI=1S/C20H21ClN2O3/c1-12-7-13(2)9-15(8-12)22-18(24)11-23-16-10-14(21)5-6-17(16)26-20(3,4)19(23)25/h5-10H,11H2,1-4H3,(H,22,24). The number of nitrogens with one attached hydrogen (secondary N) is 1. The van der Waals surface area contributed by atoms with E-state index in [4.69, 9.17) is 16.3 Å². The Morgan fingerprint density at radius 2 is 1.81 bits per heavy atom. The number of aryl methyl sites for hydroxylation is 2. The lowest BCUT2D eigenvalue weighted by molar-refractivity contribution is -0.133. The van der Waals surface area contributed by atoms with Gasteiger partial charge in [-0.05, 0) is 69.2 Å². The van der Waals surface area contributed by atoms with Gasteiger partial charge in [-0.15, -0.1) is 0 Å². The number of anilines is 2. The minimum absolute atomic E-state index is 0.119. The van der Waals surface area contributed by atoms with E-state index in [1.54, 1.807) is 32.0 Å². The third kappa shape index (κ3) is 3.68. The molecule has 136 valence electrons. The second kappa shape index (κ2) is 6.65. The number of hydrogen-bond donors (Lipinski definition) is 1. The topological polar surface area (TPSA) is 58.6 Å². The summed E-state index contributed by atoms with van der Waals surface area (Å²) in [5.41, 5.74) is 2.26. The zero-order valence-electron chi connectivity index (χ0n) is 15.2. The van der Waals surface area contributed by atoms with Crippen molar-refractivity contribution >= 4 is 34.8 Å². The van der Waals surface area contributed by atoms with E-state index in [-0.39, 0.29) is 18.4 Å². The molecule has 1 heterocycles. The maximum absolute atomic E-state index is 12.8. The molecule has 26 heavy (non-hydrogen) atoms. The molecular weight excluding hydrogens is 352 g/mol. The summed E-state index contributed by atoms with van der Waals surface area (Å²) in [6.45, 7) is 7.18. The maximum atomic E-state index is 12.8. The summed E-state index contributed by atoms with van der Waals surface area (Å²) in [5.74, 6) is -0.0481. The minimum Gasteiger partial charge on any atom is -0.476 e. The summed E-state index contributed by atoms with van der Waals surface area (Å²) in [4.78, 5) is 26.8. The Hall–Kier alpha value is -2.53. The van der Waals surface area contributed by atoms with Gasteiger partial charge in [0.1, 0.15) is 12.3 Å². The van der Waals surface area contributed by atoms with Gasteiger partial charge in [-0.2, -0.15) is 0 Å². The SMILES string of the molecule is Cc1cc(C)cc(NC(=O)CN2C(=O)C(C)(C)Oc3ccc(Cl)cc32)c1. The first-order valence-electron chi connectivity index (χ1n) is 8.34. The van der Waals surface area contributed by atoms with Crippen molar-refractivity contribution in [3.05, 3.63) is 52.5 Å². The van der Waals surface area contributed by atoms with E-state index in [9.17, 15) is 9.59 Å². The van der Waals surface area contributed by atoms with Crippen LogP contribution < -0.4 is 15.0 Å². The molecule has 1 aliphatic heterocycles. The molecule has 1 N–H and O–H groups in total. The molecule has 2 aromatic rings. The second-order valence-corrected chi connectivity index (χ2v) is 7.48. The minimum atomic E-state index is -1.05. The van der Waals surface area contributed by atoms with Crippen LogP contribution in [0.1, 0.15) is 25.0 Å². The molecule has 0 bridgehead atoms. The Bertz CT molecular complexity index is 872. The summed E-state index contributed by atoms with van der Waals surface area (Å²) >= 11 is 6.07. The molecule has 0 spiro atoms. The molecule has 2 aromatic carbocycles. The number of rotatable bonds is 3. The molecule has 5 nitrogen and oxygen atoms in total. The normalized spacial score (nSPS) is 15.3. The number of carbonyl (C=O) groups is 2. The number of hydrogen-bond acceptors (Lipinski definition) is 3. The van der Waals surface area contributed by atoms with Gasteiger partial charge < -0.3 is 10.1 Å². The maximum Gasteiger partial charge on any atom is 0.271 e. The molecule has 0 aliphatic carbocycles. The van der Waals surface area contributed by atoms with Crippen molar-refractivity contribution in [1.82, 2.24) is 0 Å². The van der Waals surface area contributed by atoms with Crippen LogP contribution in [-0.2, 0) is 9.59 Å². The summed E-state index contributed by atoms with van der Waals surface area (Å²) < 4.78 is 5.77. The zero-order valence-corrected chi connectivity index (χ0v) is 16.0. The molecule has 2 amide bonds. The van der Waals surface area contributed by atoms with Crippen molar-refractivity contribution in [3.8, 4) is 5.75 Å². The highest BCUT2D eigenvalue weighted by Crippen LogP contribution is 2.39. The van der Waals surface area contributed by atoms with Crippen LogP contribution in [-0.4, -0.2) is 24.0 Å². The van der Waals surface area contributed by atoms with E-state index in [1.165, 1.54) is 4.90 Å². The Morgan fingerprint density at radius 1 is 1.15 bits per heavy atom. The van der Waals surface area contributed by atoms with Gasteiger partial charge in [0.2, 0.25) is 5.91 Å². The fraction of sp³-hybridized carbons (Fsp3) is 0.300. The van der Waals surface area contributed by atoms with Crippen LogP contribution in [0, 0.1) is 13.8 Å². The van der Waals surface area contributed by atoms with Crippen molar-refractivity contribution in [2.24, 2.45) is 0 Å². The van der Waals surface area contributed by atoms with Crippen LogP contribution in [0.25, 0.3) is 0 Å². The van der Waals surface area contributed by atoms with Gasteiger partial charge >= 0.3 is 0 Å². The van der Waals surface area contributed by atoms with Crippen molar-refractivity contribution in [1.29, 1.82) is 0 Å². The van der Waals surface area contributed by atoms with Crippen molar-refractivity contribution in [2.75, 3.05) is 16.8 Å². The average Bonchev–Trinajstić information content (AvgIpc) is 2.51. The van der Waals surface area contributed by atoms with E-state index < -0.39 is 5.60 Å². The van der Waals surface area contributed by atoms with Crippen molar-refractivity contribution in [3.63, 3.8) is 0 Å². The summed E-state index contributed by atoms with van der Waals surface area (Å²) in [6, 6.07) is 10.8. The summed E-state index contributed by atoms with van der Waals surface area (Å²) in [5, 5.41) is 3.33. The van der Waals surface area contributed by atoms with Gasteiger partial charge in [0.05, 0.1) is 5.69 Å². The molecule has 0 radical (unpaired) electrons. The predicted molar refractivity (Wildman–Crippen MR) is 103 cm³/mol. The Labute approximate surface area is 157 Å². The molecule has 0 aromatic heterocycles. The molecule has 0 unspecified atom stereocenters. The van der Waals surface area contributed by atoms with E-state index in [0.29, 0.717) is 22.1 Å². The third-order valence-corrected chi connectivity index (χ3v) is 4.38. The summed E-state index contributed by atoms with van der Waals surface area (Å²) in [6.07, 6.45) is 0. The Morgan fingerprint density at radius 3 is 2.46 bits per heavy atom. The van der Waals surface area contributed by atoms with E-state index in [2.05, 4.69) is 5.32 Å². The van der Waals surface area contributed by atoms with Gasteiger partial charge in [0, 0.05) is 10.7 Å². The molecule has 6 heteroatoms. The molecule has 0 fully saturated rings. The predicted octanol–water partition coefficient (Wildman–Crippen LogP) is 4.10. The van der Waals surface area contributed by atoms with Crippen molar-refractivity contribution in [2.45, 2.75) is 33.3 Å². The number of nitrogens with zero attached hydrogens (tertiary/aromatic N) is 1. The van der Waals surface area contributed by atoms with Crippen LogP contribution in [0.4, 0.5) is 11.4 Å². The van der Waals surface area contributed by atoms with Gasteiger partial charge in [0.25, 0.3) is 5.91 Å². The Balaban J connectivity index is 1.86. The molecular formula is C20H21ClN2O3. The average molecular weight is 373 g/mol. The Kier molecular flexibility index (Phi) is 4.67. The number of fused-ring (bicyclic) bond motifs is 1. The molecule has 0 saturated carbocycles. The lowest BCUT2D eigenvalue weighted by atomic mass is 10.0.